The third kappa shape index (κ3) is 5.31. The van der Waals surface area contributed by atoms with Gasteiger partial charge in [-0.1, -0.05) is 6.55 Å². The van der Waals surface area contributed by atoms with Crippen molar-refractivity contribution in [3.05, 3.63) is 12.6 Å². The van der Waals surface area contributed by atoms with Gasteiger partial charge in [-0.05, 0) is 31.9 Å². The van der Waals surface area contributed by atoms with Crippen LogP contribution in [0.2, 0.25) is 0 Å². The predicted octanol–water partition coefficient (Wildman–Crippen LogP) is -0.129. The number of nitrogens with two attached hydrogens (primary N) is 1. The van der Waals surface area contributed by atoms with Gasteiger partial charge in [-0.2, -0.15) is 0 Å². The summed E-state index contributed by atoms with van der Waals surface area (Å²) in [4.78, 5) is 21.7. The fourth-order valence-corrected chi connectivity index (χ4v) is 0.970. The molecule has 0 unspecified atom stereocenters. The number of amides is 1. The number of hydrogen-bond donors (Lipinski definition) is 3. The average molecular weight is 201 g/mol. The number of carboxylic acid groups (broad SMARTS) is 1. The first kappa shape index (κ1) is 10.7. The van der Waals surface area contributed by atoms with Gasteiger partial charge in [0.15, 0.2) is 0 Å². The summed E-state index contributed by atoms with van der Waals surface area (Å²) in [6.07, 6.45) is 2.70. The summed E-state index contributed by atoms with van der Waals surface area (Å²) in [5, 5.41) is 11.1. The van der Waals surface area contributed by atoms with Crippen LogP contribution in [0.25, 0.3) is 0 Å². The standard InChI is InChI=1S/C9H16N2O3/c1-2-8(12)11-7(9(13)14)5-3-4-6-10/h2,7H,1,3-6,10H2,(H,11,12)(H,13,14)/t7-/m0/s1/i1D. The van der Waals surface area contributed by atoms with Crippen LogP contribution >= 0.6 is 0 Å². The van der Waals surface area contributed by atoms with E-state index in [2.05, 4.69) is 5.32 Å². The maximum Gasteiger partial charge on any atom is 0.326 e. The lowest BCUT2D eigenvalue weighted by molar-refractivity contribution is -0.141. The van der Waals surface area contributed by atoms with Gasteiger partial charge in [-0.25, -0.2) is 4.79 Å². The lowest BCUT2D eigenvalue weighted by Gasteiger charge is -2.12. The molecule has 5 nitrogen and oxygen atoms in total. The van der Waals surface area contributed by atoms with Crippen LogP contribution in [0.1, 0.15) is 20.6 Å². The first-order valence-corrected chi connectivity index (χ1v) is 4.40. The van der Waals surface area contributed by atoms with Crippen LogP contribution in [-0.4, -0.2) is 29.6 Å². The van der Waals surface area contributed by atoms with E-state index < -0.39 is 17.9 Å². The molecule has 4 N–H and O–H groups in total. The van der Waals surface area contributed by atoms with Crippen LogP contribution in [0, 0.1) is 0 Å². The summed E-state index contributed by atoms with van der Waals surface area (Å²) in [7, 11) is 0. The van der Waals surface area contributed by atoms with E-state index in [0.717, 1.165) is 19.1 Å². The zero-order valence-corrected chi connectivity index (χ0v) is 7.90. The van der Waals surface area contributed by atoms with Gasteiger partial charge in [0.25, 0.3) is 0 Å². The maximum absolute atomic E-state index is 11.0. The second kappa shape index (κ2) is 7.08. The Morgan fingerprint density at radius 3 is 2.86 bits per heavy atom. The normalized spacial score (nSPS) is 13.6. The van der Waals surface area contributed by atoms with Crippen molar-refractivity contribution in [3.63, 3.8) is 0 Å². The Morgan fingerprint density at radius 1 is 1.64 bits per heavy atom. The van der Waals surface area contributed by atoms with Crippen molar-refractivity contribution < 1.29 is 16.1 Å². The highest BCUT2D eigenvalue weighted by Crippen LogP contribution is 2.00. The van der Waals surface area contributed by atoms with Crippen molar-refractivity contribution in [2.75, 3.05) is 6.54 Å². The minimum absolute atomic E-state index is 0.351. The number of aliphatic carboxylic acids is 1. The molecule has 0 rings (SSSR count). The van der Waals surface area contributed by atoms with Gasteiger partial charge in [0.1, 0.15) is 6.04 Å². The van der Waals surface area contributed by atoms with E-state index in [1.165, 1.54) is 0 Å². The Morgan fingerprint density at radius 2 is 2.36 bits per heavy atom. The highest BCUT2D eigenvalue weighted by Gasteiger charge is 2.17. The molecule has 0 aliphatic rings. The summed E-state index contributed by atoms with van der Waals surface area (Å²) >= 11 is 0. The highest BCUT2D eigenvalue weighted by atomic mass is 16.4. The van der Waals surface area contributed by atoms with Crippen molar-refractivity contribution in [1.29, 1.82) is 0 Å². The van der Waals surface area contributed by atoms with Gasteiger partial charge >= 0.3 is 5.97 Å². The van der Waals surface area contributed by atoms with Crippen LogP contribution in [0.4, 0.5) is 0 Å². The average Bonchev–Trinajstić information content (AvgIpc) is 2.16. The monoisotopic (exact) mass is 201 g/mol. The minimum atomic E-state index is -1.07. The Labute approximate surface area is 84.4 Å². The molecule has 0 aromatic carbocycles. The highest BCUT2D eigenvalue weighted by molar-refractivity contribution is 5.90. The molecule has 0 aromatic heterocycles. The molecule has 80 valence electrons. The third-order valence-electron chi connectivity index (χ3n) is 1.71. The van der Waals surface area contributed by atoms with E-state index in [0.29, 0.717) is 19.4 Å². The second-order valence-corrected chi connectivity index (χ2v) is 2.85. The molecule has 0 aromatic rings. The van der Waals surface area contributed by atoms with Crippen LogP contribution < -0.4 is 11.1 Å². The van der Waals surface area contributed by atoms with E-state index in [4.69, 9.17) is 12.2 Å². The number of unbranched alkanes of at least 4 members (excludes halogenated alkanes) is 1. The summed E-state index contributed by atoms with van der Waals surface area (Å²) in [5.74, 6) is -1.64. The molecule has 0 bridgehead atoms. The quantitative estimate of drug-likeness (QED) is 0.395. The maximum atomic E-state index is 11.0. The fourth-order valence-electron chi connectivity index (χ4n) is 0.970. The van der Waals surface area contributed by atoms with E-state index in [1.807, 2.05) is 0 Å². The van der Waals surface area contributed by atoms with Crippen LogP contribution in [0.15, 0.2) is 12.6 Å². The molecule has 0 spiro atoms. The minimum Gasteiger partial charge on any atom is -0.480 e. The summed E-state index contributed by atoms with van der Waals surface area (Å²) in [6, 6.07) is -0.903. The first-order valence-electron chi connectivity index (χ1n) is 4.98. The fraction of sp³-hybridized carbons (Fsp3) is 0.556. The number of carbonyl (C=O) groups excluding carboxylic acids is 1. The molecule has 0 aliphatic heterocycles. The van der Waals surface area contributed by atoms with Crippen molar-refractivity contribution in [3.8, 4) is 0 Å². The Balaban J connectivity index is 4.04. The molecular weight excluding hydrogens is 184 g/mol. The Kier molecular flexibility index (Phi) is 5.42. The molecule has 14 heavy (non-hydrogen) atoms. The Bertz CT molecular complexity index is 244. The number of carboxylic acids is 1. The molecule has 0 saturated carbocycles. The van der Waals surface area contributed by atoms with Crippen molar-refractivity contribution in [2.24, 2.45) is 5.73 Å². The van der Waals surface area contributed by atoms with Gasteiger partial charge in [0, 0.05) is 0 Å². The summed E-state index contributed by atoms with van der Waals surface area (Å²) in [5.41, 5.74) is 5.27. The number of rotatable bonds is 7. The van der Waals surface area contributed by atoms with Crippen molar-refractivity contribution in [1.82, 2.24) is 5.32 Å². The molecule has 0 fully saturated rings. The molecule has 0 aliphatic carbocycles. The first-order chi connectivity index (χ1) is 7.11. The largest absolute Gasteiger partial charge is 0.480 e. The zero-order valence-electron chi connectivity index (χ0n) is 8.90. The van der Waals surface area contributed by atoms with Crippen LogP contribution in [-0.2, 0) is 9.59 Å². The number of carbonyl (C=O) groups is 2. The van der Waals surface area contributed by atoms with E-state index in [-0.39, 0.29) is 0 Å². The smallest absolute Gasteiger partial charge is 0.326 e. The van der Waals surface area contributed by atoms with E-state index >= 15 is 0 Å². The molecule has 0 saturated heterocycles. The molecule has 1 atom stereocenters. The predicted molar refractivity (Wildman–Crippen MR) is 52.7 cm³/mol. The summed E-state index contributed by atoms with van der Waals surface area (Å²) < 4.78 is 6.65. The molecule has 0 heterocycles. The SMILES string of the molecule is [2H]C=CC(=O)N[C@@H](CCCCN)C(=O)O. The molecular formula is C9H16N2O3. The van der Waals surface area contributed by atoms with E-state index in [1.54, 1.807) is 0 Å². The second-order valence-electron chi connectivity index (χ2n) is 2.85. The van der Waals surface area contributed by atoms with Gasteiger partial charge in [-0.15, -0.1) is 0 Å². The lowest BCUT2D eigenvalue weighted by atomic mass is 10.1. The van der Waals surface area contributed by atoms with Gasteiger partial charge in [0.05, 0.1) is 1.37 Å². The third-order valence-corrected chi connectivity index (χ3v) is 1.71. The van der Waals surface area contributed by atoms with Crippen LogP contribution in [0.5, 0.6) is 0 Å². The summed E-state index contributed by atoms with van der Waals surface area (Å²) in [6.45, 7) is 1.32. The van der Waals surface area contributed by atoms with E-state index in [9.17, 15) is 9.59 Å². The molecule has 1 amide bonds. The van der Waals surface area contributed by atoms with Crippen LogP contribution in [0.3, 0.4) is 0 Å². The van der Waals surface area contributed by atoms with Gasteiger partial charge in [-0.3, -0.25) is 4.79 Å². The Hall–Kier alpha value is -1.36. The zero-order chi connectivity index (χ0) is 11.7. The van der Waals surface area contributed by atoms with Gasteiger partial charge < -0.3 is 16.2 Å². The number of nitrogens with one attached hydrogen (secondary N) is 1. The van der Waals surface area contributed by atoms with Crippen molar-refractivity contribution >= 4 is 11.9 Å². The topological polar surface area (TPSA) is 92.4 Å². The molecule has 0 radical (unpaired) electrons. The number of hydrogen-bond acceptors (Lipinski definition) is 3. The van der Waals surface area contributed by atoms with Crippen molar-refractivity contribution in [2.45, 2.75) is 25.3 Å². The lowest BCUT2D eigenvalue weighted by Crippen LogP contribution is -2.39. The van der Waals surface area contributed by atoms with Gasteiger partial charge in [0.2, 0.25) is 5.91 Å². The molecule has 5 heteroatoms.